The molecule has 0 amide bonds. The number of aryl methyl sites for hydroxylation is 1. The molecule has 1 aromatic carbocycles. The smallest absolute Gasteiger partial charge is 0.0724 e. The molecule has 1 saturated heterocycles. The van der Waals surface area contributed by atoms with Gasteiger partial charge in [-0.1, -0.05) is 18.2 Å². The minimum atomic E-state index is 0.578. The van der Waals surface area contributed by atoms with Gasteiger partial charge in [0, 0.05) is 24.7 Å². The van der Waals surface area contributed by atoms with E-state index in [-0.39, 0.29) is 0 Å². The predicted molar refractivity (Wildman–Crippen MR) is 61.6 cm³/mol. The number of nitrogens with two attached hydrogens (primary N) is 1. The summed E-state index contributed by atoms with van der Waals surface area (Å²) < 4.78 is 0. The lowest BCUT2D eigenvalue weighted by Gasteiger charge is -2.20. The highest BCUT2D eigenvalue weighted by atomic mass is 16.6. The van der Waals surface area contributed by atoms with E-state index in [0.29, 0.717) is 12.5 Å². The Balaban J connectivity index is 2.04. The van der Waals surface area contributed by atoms with Gasteiger partial charge in [-0.2, -0.15) is 0 Å². The number of nitrogens with zero attached hydrogens (tertiary/aromatic N) is 1. The lowest BCUT2D eigenvalue weighted by molar-refractivity contribution is 0.108. The summed E-state index contributed by atoms with van der Waals surface area (Å²) in [6.07, 6.45) is 1.17. The van der Waals surface area contributed by atoms with Crippen molar-refractivity contribution in [1.82, 2.24) is 0 Å². The van der Waals surface area contributed by atoms with Crippen molar-refractivity contribution in [2.45, 2.75) is 13.3 Å². The molecule has 3 heteroatoms. The van der Waals surface area contributed by atoms with Crippen molar-refractivity contribution < 1.29 is 4.84 Å². The van der Waals surface area contributed by atoms with E-state index in [1.807, 2.05) is 0 Å². The quantitative estimate of drug-likeness (QED) is 0.765. The Bertz CT molecular complexity index is 327. The molecule has 1 aliphatic rings. The topological polar surface area (TPSA) is 38.5 Å². The molecule has 0 radical (unpaired) electrons. The largest absolute Gasteiger partial charge is 0.371 e. The maximum Gasteiger partial charge on any atom is 0.0724 e. The molecule has 0 aliphatic carbocycles. The van der Waals surface area contributed by atoms with Gasteiger partial charge in [-0.15, -0.1) is 0 Å². The van der Waals surface area contributed by atoms with E-state index in [9.17, 15) is 0 Å². The van der Waals surface area contributed by atoms with E-state index in [0.717, 1.165) is 13.1 Å². The Kier molecular flexibility index (Phi) is 3.23. The van der Waals surface area contributed by atoms with E-state index in [1.54, 1.807) is 0 Å². The molecule has 1 atom stereocenters. The van der Waals surface area contributed by atoms with Gasteiger partial charge in [0.25, 0.3) is 0 Å². The van der Waals surface area contributed by atoms with Crippen molar-refractivity contribution in [1.29, 1.82) is 0 Å². The van der Waals surface area contributed by atoms with Crippen LogP contribution in [-0.2, 0) is 4.84 Å². The van der Waals surface area contributed by atoms with E-state index in [1.165, 1.54) is 17.7 Å². The molecule has 1 unspecified atom stereocenters. The fourth-order valence-electron chi connectivity index (χ4n) is 2.24. The first-order valence-corrected chi connectivity index (χ1v) is 5.43. The summed E-state index contributed by atoms with van der Waals surface area (Å²) in [6, 6.07) is 8.51. The summed E-state index contributed by atoms with van der Waals surface area (Å²) >= 11 is 0. The molecule has 0 aromatic heterocycles. The van der Waals surface area contributed by atoms with Crippen LogP contribution in [0.5, 0.6) is 0 Å². The molecule has 15 heavy (non-hydrogen) atoms. The minimum absolute atomic E-state index is 0.578. The minimum Gasteiger partial charge on any atom is -0.371 e. The second-order valence-corrected chi connectivity index (χ2v) is 4.22. The monoisotopic (exact) mass is 206 g/mol. The Morgan fingerprint density at radius 2 is 2.27 bits per heavy atom. The Labute approximate surface area is 90.8 Å². The predicted octanol–water partition coefficient (Wildman–Crippen LogP) is 1.71. The number of rotatable bonds is 3. The molecule has 0 spiro atoms. The SMILES string of the molecule is Cc1ccccc1N1CCC(CON)C1. The highest BCUT2D eigenvalue weighted by Crippen LogP contribution is 2.26. The fraction of sp³-hybridized carbons (Fsp3) is 0.500. The summed E-state index contributed by atoms with van der Waals surface area (Å²) in [6.45, 7) is 4.99. The second kappa shape index (κ2) is 4.64. The molecule has 1 aliphatic heterocycles. The van der Waals surface area contributed by atoms with Crippen LogP contribution in [0.3, 0.4) is 0 Å². The van der Waals surface area contributed by atoms with Gasteiger partial charge in [-0.25, -0.2) is 5.90 Å². The standard InChI is InChI=1S/C12H18N2O/c1-10-4-2-3-5-12(10)14-7-6-11(8-14)9-15-13/h2-5,11H,6-9,13H2,1H3. The third-order valence-corrected chi connectivity index (χ3v) is 3.07. The van der Waals surface area contributed by atoms with E-state index in [4.69, 9.17) is 10.7 Å². The van der Waals surface area contributed by atoms with E-state index < -0.39 is 0 Å². The van der Waals surface area contributed by atoms with Crippen LogP contribution in [0.1, 0.15) is 12.0 Å². The lowest BCUT2D eigenvalue weighted by atomic mass is 10.1. The molecule has 0 saturated carbocycles. The van der Waals surface area contributed by atoms with Crippen LogP contribution in [0.25, 0.3) is 0 Å². The average Bonchev–Trinajstić information content (AvgIpc) is 2.68. The Morgan fingerprint density at radius 3 is 3.00 bits per heavy atom. The van der Waals surface area contributed by atoms with Crippen molar-refractivity contribution in [3.8, 4) is 0 Å². The number of para-hydroxylation sites is 1. The van der Waals surface area contributed by atoms with Crippen LogP contribution in [-0.4, -0.2) is 19.7 Å². The van der Waals surface area contributed by atoms with Crippen molar-refractivity contribution in [3.63, 3.8) is 0 Å². The molecule has 1 fully saturated rings. The van der Waals surface area contributed by atoms with Gasteiger partial charge in [0.15, 0.2) is 0 Å². The van der Waals surface area contributed by atoms with Gasteiger partial charge in [-0.3, -0.25) is 0 Å². The van der Waals surface area contributed by atoms with Gasteiger partial charge in [0.05, 0.1) is 6.61 Å². The van der Waals surface area contributed by atoms with Gasteiger partial charge in [-0.05, 0) is 25.0 Å². The number of anilines is 1. The maximum atomic E-state index is 5.10. The van der Waals surface area contributed by atoms with Crippen LogP contribution in [0, 0.1) is 12.8 Å². The first-order valence-electron chi connectivity index (χ1n) is 5.43. The summed E-state index contributed by atoms with van der Waals surface area (Å²) in [5, 5.41) is 0. The Morgan fingerprint density at radius 1 is 1.47 bits per heavy atom. The van der Waals surface area contributed by atoms with Gasteiger partial charge in [0.1, 0.15) is 0 Å². The molecule has 82 valence electrons. The van der Waals surface area contributed by atoms with E-state index >= 15 is 0 Å². The van der Waals surface area contributed by atoms with Crippen molar-refractivity contribution in [2.75, 3.05) is 24.6 Å². The second-order valence-electron chi connectivity index (χ2n) is 4.22. The van der Waals surface area contributed by atoms with Gasteiger partial charge in [0.2, 0.25) is 0 Å². The van der Waals surface area contributed by atoms with Crippen LogP contribution in [0.2, 0.25) is 0 Å². The highest BCUT2D eigenvalue weighted by Gasteiger charge is 2.23. The third kappa shape index (κ3) is 2.30. The zero-order chi connectivity index (χ0) is 10.7. The molecule has 2 N–H and O–H groups in total. The van der Waals surface area contributed by atoms with Crippen molar-refractivity contribution >= 4 is 5.69 Å². The molecular weight excluding hydrogens is 188 g/mol. The summed E-state index contributed by atoms with van der Waals surface area (Å²) in [5.41, 5.74) is 2.68. The molecule has 3 nitrogen and oxygen atoms in total. The van der Waals surface area contributed by atoms with Crippen LogP contribution in [0.4, 0.5) is 5.69 Å². The van der Waals surface area contributed by atoms with Crippen LogP contribution < -0.4 is 10.8 Å². The molecule has 1 aromatic rings. The summed E-state index contributed by atoms with van der Waals surface area (Å²) in [4.78, 5) is 7.13. The lowest BCUT2D eigenvalue weighted by Crippen LogP contribution is -2.22. The fourth-order valence-corrected chi connectivity index (χ4v) is 2.24. The normalized spacial score (nSPS) is 20.9. The van der Waals surface area contributed by atoms with Crippen molar-refractivity contribution in [2.24, 2.45) is 11.8 Å². The van der Waals surface area contributed by atoms with Gasteiger partial charge < -0.3 is 9.74 Å². The van der Waals surface area contributed by atoms with Gasteiger partial charge >= 0.3 is 0 Å². The first-order chi connectivity index (χ1) is 7.31. The third-order valence-electron chi connectivity index (χ3n) is 3.07. The van der Waals surface area contributed by atoms with Crippen LogP contribution in [0.15, 0.2) is 24.3 Å². The number of benzene rings is 1. The molecular formula is C12H18N2O. The van der Waals surface area contributed by atoms with Crippen LogP contribution >= 0.6 is 0 Å². The molecule has 2 rings (SSSR count). The highest BCUT2D eigenvalue weighted by molar-refractivity contribution is 5.53. The average molecular weight is 206 g/mol. The zero-order valence-corrected chi connectivity index (χ0v) is 9.15. The zero-order valence-electron chi connectivity index (χ0n) is 9.15. The number of hydrogen-bond donors (Lipinski definition) is 1. The maximum absolute atomic E-state index is 5.10. The molecule has 1 heterocycles. The van der Waals surface area contributed by atoms with Crippen molar-refractivity contribution in [3.05, 3.63) is 29.8 Å². The number of hydrogen-bond acceptors (Lipinski definition) is 3. The Hall–Kier alpha value is -1.06. The first kappa shape index (κ1) is 10.5. The summed E-state index contributed by atoms with van der Waals surface area (Å²) in [5.74, 6) is 5.68. The molecule has 0 bridgehead atoms. The summed E-state index contributed by atoms with van der Waals surface area (Å²) in [7, 11) is 0. The van der Waals surface area contributed by atoms with E-state index in [2.05, 4.69) is 36.1 Å².